The third-order valence-corrected chi connectivity index (χ3v) is 2.53. The van der Waals surface area contributed by atoms with Crippen LogP contribution >= 0.6 is 11.8 Å². The quantitative estimate of drug-likeness (QED) is 0.551. The van der Waals surface area contributed by atoms with Crippen molar-refractivity contribution in [1.82, 2.24) is 0 Å². The molecule has 1 heterocycles. The monoisotopic (exact) mass is 202 g/mol. The maximum atomic E-state index is 11.9. The second-order valence-corrected chi connectivity index (χ2v) is 3.83. The molecule has 0 spiro atoms. The number of alkyl halides is 2. The smallest absolute Gasteiger partial charge is 0.288 e. The summed E-state index contributed by atoms with van der Waals surface area (Å²) in [5, 5.41) is 0. The molecule has 0 bridgehead atoms. The lowest BCUT2D eigenvalue weighted by Crippen LogP contribution is -1.83. The molecule has 4 heteroatoms. The Morgan fingerprint density at radius 3 is 2.38 bits per heavy atom. The first-order valence-corrected chi connectivity index (χ1v) is 4.80. The lowest BCUT2D eigenvalue weighted by atomic mass is 10.2. The number of thioether (sulfide) groups is 1. The van der Waals surface area contributed by atoms with E-state index in [-0.39, 0.29) is 6.10 Å². The number of benzene rings is 1. The van der Waals surface area contributed by atoms with Crippen LogP contribution in [0.4, 0.5) is 8.78 Å². The zero-order valence-corrected chi connectivity index (χ0v) is 7.56. The molecule has 1 unspecified atom stereocenters. The van der Waals surface area contributed by atoms with E-state index in [1.807, 2.05) is 12.1 Å². The fourth-order valence-electron chi connectivity index (χ4n) is 1.10. The molecular formula is C9H8F2OS. The Balaban J connectivity index is 2.04. The minimum atomic E-state index is -2.34. The molecule has 0 aromatic heterocycles. The van der Waals surface area contributed by atoms with Gasteiger partial charge < -0.3 is 4.74 Å². The molecule has 1 aliphatic heterocycles. The predicted octanol–water partition coefficient (Wildman–Crippen LogP) is 3.07. The van der Waals surface area contributed by atoms with Gasteiger partial charge in [-0.1, -0.05) is 23.9 Å². The molecule has 70 valence electrons. The third kappa shape index (κ3) is 2.42. The van der Waals surface area contributed by atoms with Gasteiger partial charge in [0.25, 0.3) is 5.76 Å². The largest absolute Gasteiger partial charge is 0.368 e. The summed E-state index contributed by atoms with van der Waals surface area (Å²) >= 11 is 0.565. The fraction of sp³-hybridized carbons (Fsp3) is 0.333. The van der Waals surface area contributed by atoms with E-state index in [9.17, 15) is 8.78 Å². The Kier molecular flexibility index (Phi) is 2.51. The third-order valence-electron chi connectivity index (χ3n) is 1.81. The van der Waals surface area contributed by atoms with E-state index in [2.05, 4.69) is 0 Å². The summed E-state index contributed by atoms with van der Waals surface area (Å²) < 4.78 is 28.9. The molecule has 0 aliphatic carbocycles. The van der Waals surface area contributed by atoms with Gasteiger partial charge in [-0.3, -0.25) is 0 Å². The Labute approximate surface area is 79.1 Å². The highest BCUT2D eigenvalue weighted by Gasteiger charge is 2.24. The number of epoxide rings is 1. The van der Waals surface area contributed by atoms with Gasteiger partial charge in [0.05, 0.1) is 6.61 Å². The van der Waals surface area contributed by atoms with Crippen molar-refractivity contribution < 1.29 is 13.5 Å². The van der Waals surface area contributed by atoms with Gasteiger partial charge in [0.1, 0.15) is 6.10 Å². The van der Waals surface area contributed by atoms with Crippen LogP contribution in [-0.2, 0) is 4.74 Å². The number of hydrogen-bond donors (Lipinski definition) is 0. The highest BCUT2D eigenvalue weighted by molar-refractivity contribution is 7.99. The molecule has 1 nitrogen and oxygen atoms in total. The zero-order chi connectivity index (χ0) is 9.26. The molecule has 1 atom stereocenters. The summed E-state index contributed by atoms with van der Waals surface area (Å²) in [7, 11) is 0. The minimum Gasteiger partial charge on any atom is -0.368 e. The number of ether oxygens (including phenoxy) is 1. The zero-order valence-electron chi connectivity index (χ0n) is 6.74. The molecule has 1 aromatic rings. The average Bonchev–Trinajstić information content (AvgIpc) is 2.87. The lowest BCUT2D eigenvalue weighted by Gasteiger charge is -2.00. The van der Waals surface area contributed by atoms with Crippen molar-refractivity contribution in [3.8, 4) is 0 Å². The summed E-state index contributed by atoms with van der Waals surface area (Å²) in [5.41, 5.74) is 1.07. The molecule has 1 aliphatic rings. The van der Waals surface area contributed by atoms with E-state index in [0.29, 0.717) is 16.7 Å². The van der Waals surface area contributed by atoms with Gasteiger partial charge in [-0.15, -0.1) is 0 Å². The Bertz CT molecular complexity index is 282. The van der Waals surface area contributed by atoms with Crippen LogP contribution in [0.15, 0.2) is 29.2 Å². The van der Waals surface area contributed by atoms with Crippen molar-refractivity contribution in [2.45, 2.75) is 16.8 Å². The molecule has 0 amide bonds. The van der Waals surface area contributed by atoms with E-state index in [4.69, 9.17) is 4.74 Å². The van der Waals surface area contributed by atoms with E-state index in [1.54, 1.807) is 12.1 Å². The summed E-state index contributed by atoms with van der Waals surface area (Å²) in [5.74, 6) is -2.34. The van der Waals surface area contributed by atoms with Gasteiger partial charge in [0, 0.05) is 4.90 Å². The van der Waals surface area contributed by atoms with E-state index in [1.165, 1.54) is 0 Å². The summed E-state index contributed by atoms with van der Waals surface area (Å²) in [6.45, 7) is 0.751. The van der Waals surface area contributed by atoms with Crippen molar-refractivity contribution in [3.05, 3.63) is 29.8 Å². The van der Waals surface area contributed by atoms with Gasteiger partial charge in [-0.2, -0.15) is 8.78 Å². The lowest BCUT2D eigenvalue weighted by molar-refractivity contribution is 0.252. The molecule has 1 saturated heterocycles. The molecule has 0 radical (unpaired) electrons. The first-order valence-electron chi connectivity index (χ1n) is 3.92. The topological polar surface area (TPSA) is 12.5 Å². The van der Waals surface area contributed by atoms with Gasteiger partial charge in [-0.25, -0.2) is 0 Å². The summed E-state index contributed by atoms with van der Waals surface area (Å²) in [6.07, 6.45) is 0.200. The van der Waals surface area contributed by atoms with Gasteiger partial charge in [0.15, 0.2) is 0 Å². The molecule has 0 N–H and O–H groups in total. The predicted molar refractivity (Wildman–Crippen MR) is 47.0 cm³/mol. The van der Waals surface area contributed by atoms with E-state index >= 15 is 0 Å². The van der Waals surface area contributed by atoms with Crippen molar-refractivity contribution in [2.24, 2.45) is 0 Å². The van der Waals surface area contributed by atoms with Crippen LogP contribution in [-0.4, -0.2) is 12.4 Å². The Morgan fingerprint density at radius 2 is 1.92 bits per heavy atom. The number of halogens is 2. The van der Waals surface area contributed by atoms with Gasteiger partial charge in [0.2, 0.25) is 0 Å². The fourth-order valence-corrected chi connectivity index (χ4v) is 1.60. The molecule has 1 fully saturated rings. The van der Waals surface area contributed by atoms with Crippen LogP contribution in [0.1, 0.15) is 11.7 Å². The Morgan fingerprint density at radius 1 is 1.31 bits per heavy atom. The number of hydrogen-bond acceptors (Lipinski definition) is 2. The molecule has 2 rings (SSSR count). The molecular weight excluding hydrogens is 194 g/mol. The van der Waals surface area contributed by atoms with Crippen LogP contribution in [0.5, 0.6) is 0 Å². The standard InChI is InChI=1S/C9H8F2OS/c10-9(11)13-7-3-1-6(2-4-7)8-5-12-8/h1-4,8-9H,5H2. The highest BCUT2D eigenvalue weighted by Crippen LogP contribution is 2.32. The van der Waals surface area contributed by atoms with Crippen LogP contribution < -0.4 is 0 Å². The van der Waals surface area contributed by atoms with E-state index in [0.717, 1.165) is 12.2 Å². The van der Waals surface area contributed by atoms with Crippen LogP contribution in [0.2, 0.25) is 0 Å². The number of rotatable bonds is 3. The van der Waals surface area contributed by atoms with Crippen LogP contribution in [0.25, 0.3) is 0 Å². The summed E-state index contributed by atoms with van der Waals surface area (Å²) in [6, 6.07) is 7.08. The highest BCUT2D eigenvalue weighted by atomic mass is 32.2. The van der Waals surface area contributed by atoms with Crippen LogP contribution in [0.3, 0.4) is 0 Å². The van der Waals surface area contributed by atoms with Crippen molar-refractivity contribution in [1.29, 1.82) is 0 Å². The normalized spacial score (nSPS) is 20.7. The van der Waals surface area contributed by atoms with Crippen LogP contribution in [0, 0.1) is 0 Å². The minimum absolute atomic E-state index is 0.200. The summed E-state index contributed by atoms with van der Waals surface area (Å²) in [4.78, 5) is 0.597. The van der Waals surface area contributed by atoms with Gasteiger partial charge in [-0.05, 0) is 17.7 Å². The average molecular weight is 202 g/mol. The van der Waals surface area contributed by atoms with Crippen molar-refractivity contribution in [3.63, 3.8) is 0 Å². The first-order chi connectivity index (χ1) is 6.25. The Hall–Kier alpha value is -0.610. The van der Waals surface area contributed by atoms with Crippen molar-refractivity contribution >= 4 is 11.8 Å². The second-order valence-electron chi connectivity index (χ2n) is 2.77. The maximum absolute atomic E-state index is 11.9. The molecule has 13 heavy (non-hydrogen) atoms. The maximum Gasteiger partial charge on any atom is 0.288 e. The van der Waals surface area contributed by atoms with E-state index < -0.39 is 5.76 Å². The second kappa shape index (κ2) is 3.64. The SMILES string of the molecule is FC(F)Sc1ccc(C2CO2)cc1. The first kappa shape index (κ1) is 8.97. The van der Waals surface area contributed by atoms with Gasteiger partial charge >= 0.3 is 0 Å². The van der Waals surface area contributed by atoms with Crippen molar-refractivity contribution in [2.75, 3.05) is 6.61 Å². The molecule has 0 saturated carbocycles. The molecule has 1 aromatic carbocycles.